The Morgan fingerprint density at radius 1 is 1.30 bits per heavy atom. The minimum Gasteiger partial charge on any atom is -0.314 e. The van der Waals surface area contributed by atoms with Gasteiger partial charge in [-0.1, -0.05) is 36.2 Å². The van der Waals surface area contributed by atoms with Gasteiger partial charge in [0.25, 0.3) is 0 Å². The van der Waals surface area contributed by atoms with Crippen LogP contribution in [0.25, 0.3) is 0 Å². The van der Waals surface area contributed by atoms with Crippen LogP contribution < -0.4 is 10.0 Å². The molecule has 1 unspecified atom stereocenters. The van der Waals surface area contributed by atoms with E-state index in [2.05, 4.69) is 10.0 Å². The summed E-state index contributed by atoms with van der Waals surface area (Å²) in [6.45, 7) is 1.25. The van der Waals surface area contributed by atoms with E-state index in [-0.39, 0.29) is 12.3 Å². The normalized spacial score (nSPS) is 19.9. The highest BCUT2D eigenvalue weighted by Crippen LogP contribution is 2.15. The summed E-state index contributed by atoms with van der Waals surface area (Å²) in [7, 11) is -3.24. The summed E-state index contributed by atoms with van der Waals surface area (Å²) < 4.78 is 26.6. The number of halogens is 1. The van der Waals surface area contributed by atoms with E-state index >= 15 is 0 Å². The fourth-order valence-electron chi connectivity index (χ4n) is 2.37. The van der Waals surface area contributed by atoms with Crippen LogP contribution in [0.2, 0.25) is 5.02 Å². The average Bonchev–Trinajstić information content (AvgIpc) is 2.46. The SMILES string of the molecule is O=S(=O)(CCC1CCCCN1)NCc1ccccc1Cl. The van der Waals surface area contributed by atoms with Crippen LogP contribution >= 0.6 is 11.6 Å². The van der Waals surface area contributed by atoms with Crippen LogP contribution in [0.4, 0.5) is 0 Å². The van der Waals surface area contributed by atoms with E-state index in [1.807, 2.05) is 18.2 Å². The molecule has 0 spiro atoms. The van der Waals surface area contributed by atoms with Crippen molar-refractivity contribution in [1.82, 2.24) is 10.0 Å². The maximum atomic E-state index is 12.0. The van der Waals surface area contributed by atoms with Gasteiger partial charge in [-0.2, -0.15) is 0 Å². The number of sulfonamides is 1. The quantitative estimate of drug-likeness (QED) is 0.846. The molecule has 112 valence electrons. The maximum absolute atomic E-state index is 12.0. The Labute approximate surface area is 126 Å². The largest absolute Gasteiger partial charge is 0.314 e. The third-order valence-electron chi connectivity index (χ3n) is 3.59. The molecule has 0 aliphatic carbocycles. The van der Waals surface area contributed by atoms with Crippen LogP contribution in [0.5, 0.6) is 0 Å². The van der Waals surface area contributed by atoms with E-state index in [0.717, 1.165) is 18.5 Å². The van der Waals surface area contributed by atoms with Gasteiger partial charge in [-0.15, -0.1) is 0 Å². The Balaban J connectivity index is 1.80. The average molecular weight is 317 g/mol. The zero-order valence-corrected chi connectivity index (χ0v) is 13.0. The van der Waals surface area contributed by atoms with E-state index in [0.29, 0.717) is 17.5 Å². The smallest absolute Gasteiger partial charge is 0.211 e. The number of benzene rings is 1. The van der Waals surface area contributed by atoms with E-state index in [1.165, 1.54) is 12.8 Å². The second kappa shape index (κ2) is 7.41. The lowest BCUT2D eigenvalue weighted by molar-refractivity contribution is 0.392. The molecule has 2 N–H and O–H groups in total. The molecular weight excluding hydrogens is 296 g/mol. The highest BCUT2D eigenvalue weighted by molar-refractivity contribution is 7.89. The first-order valence-electron chi connectivity index (χ1n) is 7.01. The highest BCUT2D eigenvalue weighted by Gasteiger charge is 2.17. The van der Waals surface area contributed by atoms with Crippen molar-refractivity contribution in [2.75, 3.05) is 12.3 Å². The number of piperidine rings is 1. The molecule has 0 saturated carbocycles. The molecule has 1 saturated heterocycles. The summed E-state index contributed by atoms with van der Waals surface area (Å²) in [5.74, 6) is 0.162. The monoisotopic (exact) mass is 316 g/mol. The molecule has 1 aromatic carbocycles. The Morgan fingerprint density at radius 3 is 2.80 bits per heavy atom. The molecular formula is C14H21ClN2O2S. The minimum absolute atomic E-state index is 0.162. The standard InChI is InChI=1S/C14H21ClN2O2S/c15-14-7-2-1-5-12(14)11-17-20(18,19)10-8-13-6-3-4-9-16-13/h1-2,5,7,13,16-17H,3-4,6,8-11H2. The summed E-state index contributed by atoms with van der Waals surface area (Å²) in [6, 6.07) is 7.60. The van der Waals surface area contributed by atoms with Crippen LogP contribution in [0.15, 0.2) is 24.3 Å². The van der Waals surface area contributed by atoms with Gasteiger partial charge in [0.05, 0.1) is 5.75 Å². The van der Waals surface area contributed by atoms with Crippen molar-refractivity contribution in [2.45, 2.75) is 38.3 Å². The van der Waals surface area contributed by atoms with Gasteiger partial charge in [0.2, 0.25) is 10.0 Å². The molecule has 1 atom stereocenters. The number of nitrogens with one attached hydrogen (secondary N) is 2. The molecule has 1 aromatic rings. The van der Waals surface area contributed by atoms with Crippen LogP contribution in [0.1, 0.15) is 31.2 Å². The summed E-state index contributed by atoms with van der Waals surface area (Å²) >= 11 is 6.01. The Kier molecular flexibility index (Phi) is 5.84. The molecule has 1 aliphatic heterocycles. The molecule has 1 fully saturated rings. The topological polar surface area (TPSA) is 58.2 Å². The van der Waals surface area contributed by atoms with Crippen LogP contribution in [0, 0.1) is 0 Å². The Bertz CT molecular complexity index is 528. The van der Waals surface area contributed by atoms with Gasteiger partial charge in [0.15, 0.2) is 0 Å². The van der Waals surface area contributed by atoms with Gasteiger partial charge in [-0.05, 0) is 37.4 Å². The molecule has 0 aromatic heterocycles. The van der Waals surface area contributed by atoms with Crippen molar-refractivity contribution in [3.8, 4) is 0 Å². The molecule has 1 aliphatic rings. The third kappa shape index (κ3) is 5.05. The summed E-state index contributed by atoms with van der Waals surface area (Å²) in [5, 5.41) is 3.95. The molecule has 0 amide bonds. The minimum atomic E-state index is -3.24. The van der Waals surface area contributed by atoms with Gasteiger partial charge < -0.3 is 5.32 Å². The van der Waals surface area contributed by atoms with Gasteiger partial charge in [-0.25, -0.2) is 13.1 Å². The molecule has 20 heavy (non-hydrogen) atoms. The predicted octanol–water partition coefficient (Wildman–Crippen LogP) is 2.29. The van der Waals surface area contributed by atoms with Crippen molar-refractivity contribution in [1.29, 1.82) is 0 Å². The van der Waals surface area contributed by atoms with Crippen LogP contribution in [-0.2, 0) is 16.6 Å². The van der Waals surface area contributed by atoms with E-state index in [9.17, 15) is 8.42 Å². The van der Waals surface area contributed by atoms with Crippen molar-refractivity contribution < 1.29 is 8.42 Å². The Morgan fingerprint density at radius 2 is 2.10 bits per heavy atom. The Hall–Kier alpha value is -0.620. The highest BCUT2D eigenvalue weighted by atomic mass is 35.5. The van der Waals surface area contributed by atoms with Crippen molar-refractivity contribution >= 4 is 21.6 Å². The van der Waals surface area contributed by atoms with E-state index in [4.69, 9.17) is 11.6 Å². The van der Waals surface area contributed by atoms with Gasteiger partial charge >= 0.3 is 0 Å². The second-order valence-electron chi connectivity index (χ2n) is 5.17. The lowest BCUT2D eigenvalue weighted by Crippen LogP contribution is -2.37. The molecule has 0 radical (unpaired) electrons. The summed E-state index contributed by atoms with van der Waals surface area (Å²) in [5.41, 5.74) is 0.800. The van der Waals surface area contributed by atoms with Crippen LogP contribution in [-0.4, -0.2) is 26.8 Å². The van der Waals surface area contributed by atoms with Gasteiger partial charge in [0.1, 0.15) is 0 Å². The first-order valence-corrected chi connectivity index (χ1v) is 9.04. The van der Waals surface area contributed by atoms with Crippen molar-refractivity contribution in [3.63, 3.8) is 0 Å². The lowest BCUT2D eigenvalue weighted by Gasteiger charge is -2.23. The number of rotatable bonds is 6. The number of hydrogen-bond donors (Lipinski definition) is 2. The van der Waals surface area contributed by atoms with Crippen molar-refractivity contribution in [3.05, 3.63) is 34.9 Å². The van der Waals surface area contributed by atoms with Gasteiger partial charge in [0, 0.05) is 17.6 Å². The fraction of sp³-hybridized carbons (Fsp3) is 0.571. The first kappa shape index (κ1) is 15.8. The molecule has 1 heterocycles. The fourth-order valence-corrected chi connectivity index (χ4v) is 3.69. The molecule has 6 heteroatoms. The van der Waals surface area contributed by atoms with Gasteiger partial charge in [-0.3, -0.25) is 0 Å². The zero-order chi connectivity index (χ0) is 14.4. The lowest BCUT2D eigenvalue weighted by atomic mass is 10.0. The van der Waals surface area contributed by atoms with Crippen molar-refractivity contribution in [2.24, 2.45) is 0 Å². The molecule has 0 bridgehead atoms. The van der Waals surface area contributed by atoms with E-state index < -0.39 is 10.0 Å². The number of hydrogen-bond acceptors (Lipinski definition) is 3. The zero-order valence-electron chi connectivity index (χ0n) is 11.4. The molecule has 4 nitrogen and oxygen atoms in total. The van der Waals surface area contributed by atoms with Crippen LogP contribution in [0.3, 0.4) is 0 Å². The summed E-state index contributed by atoms with van der Waals surface area (Å²) in [6.07, 6.45) is 4.11. The predicted molar refractivity (Wildman–Crippen MR) is 82.3 cm³/mol. The first-order chi connectivity index (χ1) is 9.57. The third-order valence-corrected chi connectivity index (χ3v) is 5.31. The second-order valence-corrected chi connectivity index (χ2v) is 7.50. The summed E-state index contributed by atoms with van der Waals surface area (Å²) in [4.78, 5) is 0. The maximum Gasteiger partial charge on any atom is 0.211 e. The van der Waals surface area contributed by atoms with E-state index in [1.54, 1.807) is 6.07 Å². The molecule has 2 rings (SSSR count).